The number of carbonyl (C=O) groups excluding carboxylic acids is 1. The molecule has 1 aliphatic heterocycles. The van der Waals surface area contributed by atoms with Gasteiger partial charge in [0.05, 0.1) is 11.6 Å². The summed E-state index contributed by atoms with van der Waals surface area (Å²) in [6.45, 7) is 1.39. The minimum atomic E-state index is -0.230. The molecule has 2 aromatic rings. The van der Waals surface area contributed by atoms with Crippen molar-refractivity contribution in [3.63, 3.8) is 0 Å². The molecule has 1 amide bonds. The van der Waals surface area contributed by atoms with E-state index in [1.807, 2.05) is 18.3 Å². The molecular formula is C15H14N6O. The number of hydrogen-bond donors (Lipinski definition) is 1. The lowest BCUT2D eigenvalue weighted by Crippen LogP contribution is -2.34. The molecule has 22 heavy (non-hydrogen) atoms. The van der Waals surface area contributed by atoms with Crippen LogP contribution < -0.4 is 10.2 Å². The van der Waals surface area contributed by atoms with Gasteiger partial charge in [0.25, 0.3) is 0 Å². The molecule has 0 aliphatic carbocycles. The first-order valence-corrected chi connectivity index (χ1v) is 6.96. The summed E-state index contributed by atoms with van der Waals surface area (Å²) in [7, 11) is 0. The zero-order valence-corrected chi connectivity index (χ0v) is 11.8. The summed E-state index contributed by atoms with van der Waals surface area (Å²) in [4.78, 5) is 25.7. The molecule has 7 heteroatoms. The summed E-state index contributed by atoms with van der Waals surface area (Å²) in [6, 6.07) is 5.26. The smallest absolute Gasteiger partial charge is 0.246 e. The Balaban J connectivity index is 1.90. The zero-order valence-electron chi connectivity index (χ0n) is 11.8. The highest BCUT2D eigenvalue weighted by molar-refractivity contribution is 5.97. The third-order valence-electron chi connectivity index (χ3n) is 3.59. The number of nitriles is 1. The van der Waals surface area contributed by atoms with E-state index in [1.54, 1.807) is 18.5 Å². The van der Waals surface area contributed by atoms with Gasteiger partial charge >= 0.3 is 0 Å². The van der Waals surface area contributed by atoms with Gasteiger partial charge in [0.2, 0.25) is 5.91 Å². The number of aromatic nitrogens is 3. The third-order valence-corrected chi connectivity index (χ3v) is 3.59. The molecule has 7 nitrogen and oxygen atoms in total. The van der Waals surface area contributed by atoms with Crippen LogP contribution in [-0.4, -0.2) is 33.9 Å². The largest absolute Gasteiger partial charge is 0.316 e. The van der Waals surface area contributed by atoms with Gasteiger partial charge in [-0.25, -0.2) is 9.97 Å². The number of amides is 1. The van der Waals surface area contributed by atoms with Gasteiger partial charge < -0.3 is 5.32 Å². The van der Waals surface area contributed by atoms with Crippen molar-refractivity contribution in [1.82, 2.24) is 20.3 Å². The highest BCUT2D eigenvalue weighted by Crippen LogP contribution is 2.22. The van der Waals surface area contributed by atoms with Crippen molar-refractivity contribution in [2.45, 2.75) is 6.42 Å². The van der Waals surface area contributed by atoms with Crippen molar-refractivity contribution in [3.05, 3.63) is 36.9 Å². The SMILES string of the molecule is N#CN(C(=O)[C@H]1CCNC1)c1cc(-c2ccncc2)ncn1. The van der Waals surface area contributed by atoms with Crippen molar-refractivity contribution < 1.29 is 4.79 Å². The highest BCUT2D eigenvalue weighted by Gasteiger charge is 2.29. The van der Waals surface area contributed by atoms with Crippen LogP contribution in [0.2, 0.25) is 0 Å². The van der Waals surface area contributed by atoms with Crippen LogP contribution >= 0.6 is 0 Å². The predicted molar refractivity (Wildman–Crippen MR) is 79.3 cm³/mol. The second-order valence-electron chi connectivity index (χ2n) is 4.96. The fourth-order valence-corrected chi connectivity index (χ4v) is 2.41. The van der Waals surface area contributed by atoms with Crippen LogP contribution in [0.1, 0.15) is 6.42 Å². The van der Waals surface area contributed by atoms with Gasteiger partial charge in [-0.05, 0) is 25.1 Å². The minimum Gasteiger partial charge on any atom is -0.316 e. The molecule has 1 atom stereocenters. The van der Waals surface area contributed by atoms with Crippen molar-refractivity contribution in [2.75, 3.05) is 18.0 Å². The lowest BCUT2D eigenvalue weighted by atomic mass is 10.1. The number of hydrogen-bond acceptors (Lipinski definition) is 6. The molecule has 1 N–H and O–H groups in total. The quantitative estimate of drug-likeness (QED) is 0.669. The average molecular weight is 294 g/mol. The molecular weight excluding hydrogens is 280 g/mol. The van der Waals surface area contributed by atoms with Gasteiger partial charge in [0.1, 0.15) is 6.33 Å². The molecule has 3 rings (SSSR count). The van der Waals surface area contributed by atoms with E-state index in [-0.39, 0.29) is 11.8 Å². The maximum atomic E-state index is 12.4. The molecule has 0 aromatic carbocycles. The Labute approximate surface area is 127 Å². The van der Waals surface area contributed by atoms with E-state index < -0.39 is 0 Å². The Hall–Kier alpha value is -2.85. The minimum absolute atomic E-state index is 0.181. The zero-order chi connectivity index (χ0) is 15.4. The first kappa shape index (κ1) is 14.1. The van der Waals surface area contributed by atoms with E-state index in [0.29, 0.717) is 18.1 Å². The number of anilines is 1. The van der Waals surface area contributed by atoms with Gasteiger partial charge in [0.15, 0.2) is 12.0 Å². The first-order valence-electron chi connectivity index (χ1n) is 6.96. The number of carbonyl (C=O) groups is 1. The third kappa shape index (κ3) is 2.77. The molecule has 3 heterocycles. The maximum absolute atomic E-state index is 12.4. The van der Waals surface area contributed by atoms with Crippen LogP contribution in [-0.2, 0) is 4.79 Å². The van der Waals surface area contributed by atoms with E-state index in [2.05, 4.69) is 20.3 Å². The predicted octanol–water partition coefficient (Wildman–Crippen LogP) is 0.962. The monoisotopic (exact) mass is 294 g/mol. The van der Waals surface area contributed by atoms with Crippen LogP contribution in [0.15, 0.2) is 36.9 Å². The lowest BCUT2D eigenvalue weighted by molar-refractivity contribution is -0.121. The number of rotatable bonds is 3. The highest BCUT2D eigenvalue weighted by atomic mass is 16.2. The normalized spacial score (nSPS) is 17.0. The Bertz CT molecular complexity index is 705. The summed E-state index contributed by atoms with van der Waals surface area (Å²) in [5.74, 6) is -0.118. The van der Waals surface area contributed by atoms with Crippen molar-refractivity contribution in [1.29, 1.82) is 5.26 Å². The average Bonchev–Trinajstić information content (AvgIpc) is 3.11. The molecule has 0 spiro atoms. The summed E-state index contributed by atoms with van der Waals surface area (Å²) in [6.07, 6.45) is 7.34. The van der Waals surface area contributed by atoms with Crippen LogP contribution in [0.25, 0.3) is 11.3 Å². The van der Waals surface area contributed by atoms with Gasteiger partial charge in [-0.3, -0.25) is 9.78 Å². The van der Waals surface area contributed by atoms with Crippen LogP contribution in [0.5, 0.6) is 0 Å². The van der Waals surface area contributed by atoms with E-state index in [0.717, 1.165) is 23.4 Å². The molecule has 0 bridgehead atoms. The Morgan fingerprint density at radius 3 is 2.86 bits per heavy atom. The molecule has 0 unspecified atom stereocenters. The van der Waals surface area contributed by atoms with Crippen molar-refractivity contribution in [2.24, 2.45) is 5.92 Å². The van der Waals surface area contributed by atoms with E-state index in [4.69, 9.17) is 0 Å². The topological polar surface area (TPSA) is 94.8 Å². The molecule has 1 fully saturated rings. The van der Waals surface area contributed by atoms with Crippen LogP contribution in [0.4, 0.5) is 5.82 Å². The van der Waals surface area contributed by atoms with Crippen molar-refractivity contribution >= 4 is 11.7 Å². The summed E-state index contributed by atoms with van der Waals surface area (Å²) in [5.41, 5.74) is 1.50. The molecule has 2 aromatic heterocycles. The lowest BCUT2D eigenvalue weighted by Gasteiger charge is -2.16. The maximum Gasteiger partial charge on any atom is 0.246 e. The first-order chi connectivity index (χ1) is 10.8. The molecule has 1 aliphatic rings. The summed E-state index contributed by atoms with van der Waals surface area (Å²) in [5, 5.41) is 12.5. The Kier molecular flexibility index (Phi) is 4.03. The summed E-state index contributed by atoms with van der Waals surface area (Å²) >= 11 is 0. The van der Waals surface area contributed by atoms with Gasteiger partial charge in [0, 0.05) is 30.6 Å². The van der Waals surface area contributed by atoms with Crippen molar-refractivity contribution in [3.8, 4) is 17.5 Å². The molecule has 1 saturated heterocycles. The van der Waals surface area contributed by atoms with E-state index in [9.17, 15) is 10.1 Å². The van der Waals surface area contributed by atoms with E-state index >= 15 is 0 Å². The van der Waals surface area contributed by atoms with Gasteiger partial charge in [-0.2, -0.15) is 10.2 Å². The number of nitrogens with one attached hydrogen (secondary N) is 1. The van der Waals surface area contributed by atoms with Crippen LogP contribution in [0, 0.1) is 17.4 Å². The number of pyridine rings is 1. The Morgan fingerprint density at radius 1 is 1.36 bits per heavy atom. The standard InChI is InChI=1S/C15H14N6O/c16-9-21(15(22)12-3-6-18-8-12)14-7-13(19-10-20-14)11-1-4-17-5-2-11/h1-2,4-5,7,10,12,18H,3,6,8H2/t12-/m0/s1. The van der Waals surface area contributed by atoms with Gasteiger partial charge in [-0.1, -0.05) is 0 Å². The number of nitrogens with zero attached hydrogens (tertiary/aromatic N) is 5. The molecule has 0 radical (unpaired) electrons. The fraction of sp³-hybridized carbons (Fsp3) is 0.267. The van der Waals surface area contributed by atoms with E-state index in [1.165, 1.54) is 6.33 Å². The fourth-order valence-electron chi connectivity index (χ4n) is 2.41. The molecule has 110 valence electrons. The summed E-state index contributed by atoms with van der Waals surface area (Å²) < 4.78 is 0. The molecule has 0 saturated carbocycles. The second-order valence-corrected chi connectivity index (χ2v) is 4.96. The second kappa shape index (κ2) is 6.28. The van der Waals surface area contributed by atoms with Crippen LogP contribution in [0.3, 0.4) is 0 Å². The Morgan fingerprint density at radius 2 is 2.18 bits per heavy atom. The van der Waals surface area contributed by atoms with Gasteiger partial charge in [-0.15, -0.1) is 0 Å².